The molecule has 0 bridgehead atoms. The molecule has 3 unspecified atom stereocenters. The van der Waals surface area contributed by atoms with Gasteiger partial charge in [-0.05, 0) is 25.5 Å². The summed E-state index contributed by atoms with van der Waals surface area (Å²) in [6.07, 6.45) is 1.08. The molecule has 0 aliphatic carbocycles. The quantitative estimate of drug-likeness (QED) is 0.818. The molecule has 1 heterocycles. The summed E-state index contributed by atoms with van der Waals surface area (Å²) in [5.74, 6) is 1.35. The summed E-state index contributed by atoms with van der Waals surface area (Å²) in [4.78, 5) is 0. The van der Waals surface area contributed by atoms with E-state index in [0.717, 1.165) is 24.3 Å². The normalized spacial score (nSPS) is 28.1. The standard InChI is InChI=1S/C15H22O3/c1-4-14-11(3)10-17-15(18-14)12-6-8-13(9-7-12)16-5-2/h6-9,11,14-15H,4-5,10H2,1-3H3. The topological polar surface area (TPSA) is 27.7 Å². The van der Waals surface area contributed by atoms with E-state index in [4.69, 9.17) is 14.2 Å². The molecule has 0 N–H and O–H groups in total. The lowest BCUT2D eigenvalue weighted by atomic mass is 10.0. The molecule has 3 nitrogen and oxygen atoms in total. The van der Waals surface area contributed by atoms with Crippen molar-refractivity contribution in [2.24, 2.45) is 5.92 Å². The van der Waals surface area contributed by atoms with E-state index >= 15 is 0 Å². The molecule has 3 atom stereocenters. The molecule has 100 valence electrons. The fraction of sp³-hybridized carbons (Fsp3) is 0.600. The lowest BCUT2D eigenvalue weighted by molar-refractivity contribution is -0.238. The maximum atomic E-state index is 5.97. The van der Waals surface area contributed by atoms with Gasteiger partial charge in [-0.1, -0.05) is 26.0 Å². The van der Waals surface area contributed by atoms with Gasteiger partial charge in [0, 0.05) is 11.5 Å². The molecule has 0 aromatic heterocycles. The second-order valence-corrected chi connectivity index (χ2v) is 4.73. The Kier molecular flexibility index (Phi) is 4.61. The molecular weight excluding hydrogens is 228 g/mol. The van der Waals surface area contributed by atoms with Gasteiger partial charge in [0.2, 0.25) is 0 Å². The predicted molar refractivity (Wildman–Crippen MR) is 70.6 cm³/mol. The summed E-state index contributed by atoms with van der Waals surface area (Å²) in [6, 6.07) is 7.95. The van der Waals surface area contributed by atoms with Crippen LogP contribution in [-0.2, 0) is 9.47 Å². The molecule has 0 saturated carbocycles. The fourth-order valence-electron chi connectivity index (χ4n) is 2.24. The van der Waals surface area contributed by atoms with Crippen LogP contribution in [0.25, 0.3) is 0 Å². The van der Waals surface area contributed by atoms with Crippen molar-refractivity contribution >= 4 is 0 Å². The first-order valence-corrected chi connectivity index (χ1v) is 6.74. The average Bonchev–Trinajstić information content (AvgIpc) is 2.41. The third-order valence-electron chi connectivity index (χ3n) is 3.31. The molecule has 3 heteroatoms. The number of ether oxygens (including phenoxy) is 3. The highest BCUT2D eigenvalue weighted by Gasteiger charge is 2.28. The second-order valence-electron chi connectivity index (χ2n) is 4.73. The Morgan fingerprint density at radius 3 is 2.56 bits per heavy atom. The van der Waals surface area contributed by atoms with Crippen LogP contribution in [0.4, 0.5) is 0 Å². The Morgan fingerprint density at radius 1 is 1.22 bits per heavy atom. The first-order valence-electron chi connectivity index (χ1n) is 6.74. The van der Waals surface area contributed by atoms with Crippen molar-refractivity contribution in [3.63, 3.8) is 0 Å². The van der Waals surface area contributed by atoms with Crippen molar-refractivity contribution < 1.29 is 14.2 Å². The highest BCUT2D eigenvalue weighted by molar-refractivity contribution is 5.28. The van der Waals surface area contributed by atoms with Crippen LogP contribution in [-0.4, -0.2) is 19.3 Å². The molecule has 0 spiro atoms. The summed E-state index contributed by atoms with van der Waals surface area (Å²) in [7, 11) is 0. The van der Waals surface area contributed by atoms with Crippen molar-refractivity contribution in [3.05, 3.63) is 29.8 Å². The maximum Gasteiger partial charge on any atom is 0.184 e. The van der Waals surface area contributed by atoms with Gasteiger partial charge in [0.15, 0.2) is 6.29 Å². The van der Waals surface area contributed by atoms with E-state index in [2.05, 4.69) is 13.8 Å². The van der Waals surface area contributed by atoms with Crippen LogP contribution >= 0.6 is 0 Å². The van der Waals surface area contributed by atoms with E-state index < -0.39 is 0 Å². The maximum absolute atomic E-state index is 5.97. The van der Waals surface area contributed by atoms with Gasteiger partial charge in [-0.15, -0.1) is 0 Å². The summed E-state index contributed by atoms with van der Waals surface area (Å²) in [5, 5.41) is 0. The molecular formula is C15H22O3. The third-order valence-corrected chi connectivity index (χ3v) is 3.31. The Hall–Kier alpha value is -1.06. The van der Waals surface area contributed by atoms with Gasteiger partial charge in [0.1, 0.15) is 5.75 Å². The third kappa shape index (κ3) is 3.03. The monoisotopic (exact) mass is 250 g/mol. The van der Waals surface area contributed by atoms with Crippen LogP contribution in [0.3, 0.4) is 0 Å². The Morgan fingerprint density at radius 2 is 1.94 bits per heavy atom. The molecule has 1 aromatic rings. The van der Waals surface area contributed by atoms with E-state index in [0.29, 0.717) is 12.5 Å². The van der Waals surface area contributed by atoms with Crippen molar-refractivity contribution in [2.45, 2.75) is 39.6 Å². The largest absolute Gasteiger partial charge is 0.494 e. The van der Waals surface area contributed by atoms with Crippen molar-refractivity contribution in [1.29, 1.82) is 0 Å². The first kappa shape index (κ1) is 13.4. The molecule has 1 aliphatic heterocycles. The number of rotatable bonds is 4. The Balaban J connectivity index is 2.02. The summed E-state index contributed by atoms with van der Waals surface area (Å²) in [6.45, 7) is 7.75. The van der Waals surface area contributed by atoms with Crippen LogP contribution in [0.2, 0.25) is 0 Å². The molecule has 18 heavy (non-hydrogen) atoms. The zero-order chi connectivity index (χ0) is 13.0. The van der Waals surface area contributed by atoms with Gasteiger partial charge in [-0.3, -0.25) is 0 Å². The highest BCUT2D eigenvalue weighted by atomic mass is 16.7. The summed E-state index contributed by atoms with van der Waals surface area (Å²) >= 11 is 0. The number of hydrogen-bond donors (Lipinski definition) is 0. The van der Waals surface area contributed by atoms with Gasteiger partial charge in [-0.25, -0.2) is 0 Å². The minimum absolute atomic E-state index is 0.234. The lowest BCUT2D eigenvalue weighted by Crippen LogP contribution is -2.34. The summed E-state index contributed by atoms with van der Waals surface area (Å²) < 4.78 is 17.1. The van der Waals surface area contributed by atoms with E-state index in [-0.39, 0.29) is 12.4 Å². The van der Waals surface area contributed by atoms with Crippen molar-refractivity contribution in [1.82, 2.24) is 0 Å². The fourth-order valence-corrected chi connectivity index (χ4v) is 2.24. The predicted octanol–water partition coefficient (Wildman–Crippen LogP) is 3.55. The van der Waals surface area contributed by atoms with E-state index in [9.17, 15) is 0 Å². The lowest BCUT2D eigenvalue weighted by Gasteiger charge is -2.34. The molecule has 1 saturated heterocycles. The van der Waals surface area contributed by atoms with Gasteiger partial charge in [0.05, 0.1) is 19.3 Å². The van der Waals surface area contributed by atoms with Crippen LogP contribution < -0.4 is 4.74 Å². The van der Waals surface area contributed by atoms with E-state index in [1.807, 2.05) is 31.2 Å². The molecule has 2 rings (SSSR count). The Labute approximate surface area is 109 Å². The first-order chi connectivity index (χ1) is 8.74. The Bertz CT molecular complexity index is 361. The van der Waals surface area contributed by atoms with Crippen molar-refractivity contribution in [2.75, 3.05) is 13.2 Å². The van der Waals surface area contributed by atoms with Gasteiger partial charge in [-0.2, -0.15) is 0 Å². The van der Waals surface area contributed by atoms with Gasteiger partial charge < -0.3 is 14.2 Å². The highest BCUT2D eigenvalue weighted by Crippen LogP contribution is 2.31. The van der Waals surface area contributed by atoms with Crippen LogP contribution in [0.15, 0.2) is 24.3 Å². The molecule has 0 radical (unpaired) electrons. The van der Waals surface area contributed by atoms with Gasteiger partial charge in [0.25, 0.3) is 0 Å². The zero-order valence-electron chi connectivity index (χ0n) is 11.4. The molecule has 1 aromatic carbocycles. The average molecular weight is 250 g/mol. The summed E-state index contributed by atoms with van der Waals surface area (Å²) in [5.41, 5.74) is 1.06. The van der Waals surface area contributed by atoms with E-state index in [1.165, 1.54) is 0 Å². The van der Waals surface area contributed by atoms with E-state index in [1.54, 1.807) is 0 Å². The molecule has 0 amide bonds. The minimum atomic E-state index is -0.234. The second kappa shape index (κ2) is 6.21. The van der Waals surface area contributed by atoms with Crippen molar-refractivity contribution in [3.8, 4) is 5.75 Å². The minimum Gasteiger partial charge on any atom is -0.494 e. The van der Waals surface area contributed by atoms with Crippen LogP contribution in [0.1, 0.15) is 39.0 Å². The molecule has 1 fully saturated rings. The van der Waals surface area contributed by atoms with Crippen LogP contribution in [0, 0.1) is 5.92 Å². The SMILES string of the molecule is CCOc1ccc(C2OCC(C)C(CC)O2)cc1. The number of benzene rings is 1. The smallest absolute Gasteiger partial charge is 0.184 e. The van der Waals surface area contributed by atoms with Gasteiger partial charge >= 0.3 is 0 Å². The van der Waals surface area contributed by atoms with Crippen LogP contribution in [0.5, 0.6) is 5.75 Å². The zero-order valence-corrected chi connectivity index (χ0v) is 11.4. The number of hydrogen-bond acceptors (Lipinski definition) is 3. The molecule has 1 aliphatic rings.